The third-order valence-corrected chi connectivity index (χ3v) is 15.5. The number of ketones is 1. The quantitative estimate of drug-likeness (QED) is 0.0181. The number of fused-ring (bicyclic) bond motifs is 1. The Labute approximate surface area is 656 Å². The number of benzene rings is 8. The van der Waals surface area contributed by atoms with Gasteiger partial charge in [-0.15, -0.1) is 0 Å². The maximum atomic E-state index is 12.2. The van der Waals surface area contributed by atoms with Crippen molar-refractivity contribution in [3.63, 3.8) is 0 Å². The maximum Gasteiger partial charge on any atom is 0.401 e. The minimum atomic E-state index is -0.508. The van der Waals surface area contributed by atoms with Crippen molar-refractivity contribution in [3.05, 3.63) is 344 Å². The summed E-state index contributed by atoms with van der Waals surface area (Å²) in [5.74, 6) is 0.975. The number of rotatable bonds is 12. The molecule has 31 heteroatoms. The van der Waals surface area contributed by atoms with Crippen LogP contribution in [0.2, 0.25) is 15.1 Å². The van der Waals surface area contributed by atoms with Crippen molar-refractivity contribution in [1.82, 2.24) is 49.8 Å². The number of carbonyl (C=O) groups is 5. The van der Waals surface area contributed by atoms with E-state index in [0.29, 0.717) is 100 Å². The Morgan fingerprint density at radius 2 is 0.843 bits per heavy atom. The number of hydrogen-bond acceptors (Lipinski definition) is 13. The van der Waals surface area contributed by atoms with Crippen LogP contribution < -0.4 is 49.2 Å². The monoisotopic (exact) mass is 1640 g/mol. The Morgan fingerprint density at radius 3 is 1.26 bits per heavy atom. The number of carbonyl (C=O) groups excluding carboxylic acids is 5. The number of Topliss-reactive ketones (excluding diaryl/α,β-unsaturated/α-hetero) is 1. The Balaban J connectivity index is 0.000000181. The minimum Gasteiger partial charge on any atom is -1.00 e. The molecule has 6 aromatic heterocycles. The van der Waals surface area contributed by atoms with Gasteiger partial charge in [-0.05, 0) is 120 Å². The number of hydrogen-bond donors (Lipinski definition) is 9. The van der Waals surface area contributed by atoms with E-state index in [1.54, 1.807) is 189 Å². The molecule has 0 saturated heterocycles. The molecular formula is C77H56Br2Cl4N20O5. The first-order valence-corrected chi connectivity index (χ1v) is 33.6. The van der Waals surface area contributed by atoms with Gasteiger partial charge in [0.1, 0.15) is 18.1 Å². The summed E-state index contributed by atoms with van der Waals surface area (Å²) in [5.41, 5.74) is 27.1. The zero-order valence-corrected chi connectivity index (χ0v) is 62.1. The Hall–Kier alpha value is -13.5. The topological polar surface area (TPSA) is 350 Å². The van der Waals surface area contributed by atoms with Gasteiger partial charge in [0.15, 0.2) is 34.5 Å². The largest absolute Gasteiger partial charge is 1.00 e. The lowest BCUT2D eigenvalue weighted by atomic mass is 10.1. The van der Waals surface area contributed by atoms with Crippen LogP contribution >= 0.6 is 62.3 Å². The molecule has 0 spiro atoms. The average molecular weight is 1640 g/mol. The lowest BCUT2D eigenvalue weighted by Gasteiger charge is -2.03. The van der Waals surface area contributed by atoms with E-state index in [-0.39, 0.29) is 34.6 Å². The van der Waals surface area contributed by atoms with E-state index in [1.165, 1.54) is 6.07 Å². The summed E-state index contributed by atoms with van der Waals surface area (Å²) in [6, 6.07) is 58.8. The van der Waals surface area contributed by atoms with Crippen LogP contribution in [0.3, 0.4) is 0 Å². The van der Waals surface area contributed by atoms with Crippen LogP contribution in [0.4, 0.5) is 46.5 Å². The molecular weight excluding hydrogens is 1590 g/mol. The van der Waals surface area contributed by atoms with Gasteiger partial charge in [-0.25, -0.2) is 53.7 Å². The summed E-state index contributed by atoms with van der Waals surface area (Å²) in [6.45, 7) is 27.7. The Kier molecular flexibility index (Phi) is 31.6. The molecule has 0 aliphatic rings. The number of aromatic nitrogens is 11. The first kappa shape index (κ1) is 81.8. The molecule has 0 bridgehead atoms. The number of amides is 3. The van der Waals surface area contributed by atoms with Crippen LogP contribution in [0.15, 0.2) is 256 Å². The minimum absolute atomic E-state index is 0. The normalized spacial score (nSPS) is 9.75. The fourth-order valence-electron chi connectivity index (χ4n) is 9.00. The number of primary amides is 1. The van der Waals surface area contributed by atoms with Crippen molar-refractivity contribution in [2.45, 2.75) is 0 Å². The molecule has 0 saturated carbocycles. The second-order valence-corrected chi connectivity index (χ2v) is 23.7. The van der Waals surface area contributed by atoms with Crippen LogP contribution in [0.25, 0.3) is 70.2 Å². The summed E-state index contributed by atoms with van der Waals surface area (Å²) in [5, 5.41) is 6.64. The summed E-state index contributed by atoms with van der Waals surface area (Å²) in [7, 11) is 0. The zero-order chi connectivity index (χ0) is 76.6. The van der Waals surface area contributed by atoms with Crippen LogP contribution in [0.5, 0.6) is 0 Å². The number of nitrogens with one attached hydrogen (secondary N) is 6. The fourth-order valence-corrected chi connectivity index (χ4v) is 10.0. The standard InChI is InChI=1S/C17H13ClN4O2.C17H11ClN4O.C13H8N4.C10H8N4.C9H6BrNO.C7H4Cl2O.C4H5N3.BrH/c18-13-6-2-5-12(8-13)16(24)22-17-20-9-14(21-17)10-3-1-4-11(7-10)15(19)23;1-19-14-7-3-4-11(9-14)15-10-20-17(21-15)22-16(23)12-5-2-6-13(18)8-12;1-14-11-5-2-4-10(8-11)12-9-17-7-3-6-15-13(17)16-12;1-12-8-4-2-3-7(5-8)9-6-13-10(11)14-9;1-11-8-4-2-3-7(5-8)9(12)6-10;8-6-3-1-2-5(4-6)7(9)10;5-4-6-2-1-3-7-4;/h1-9H,(H2,19,23)(H2,20,21,22,24);2-10H,(H2,20,21,22,23);2-9H;2-6H,(H3,11,13,14);2-5H,6H2;1-4H;1-3H,(H2,5,6,7);1H. The highest BCUT2D eigenvalue weighted by atomic mass is 79.9. The molecule has 0 atom stereocenters. The van der Waals surface area contributed by atoms with Crippen molar-refractivity contribution in [1.29, 1.82) is 0 Å². The van der Waals surface area contributed by atoms with Gasteiger partial charge in [-0.2, -0.15) is 0 Å². The molecule has 0 aliphatic heterocycles. The molecule has 25 nitrogen and oxygen atoms in total. The van der Waals surface area contributed by atoms with Gasteiger partial charge in [0, 0.05) is 72.5 Å². The second-order valence-electron chi connectivity index (χ2n) is 21.5. The van der Waals surface area contributed by atoms with E-state index < -0.39 is 11.1 Å². The number of nitrogens with two attached hydrogens (primary N) is 3. The number of H-pyrrole nitrogens is 4. The Morgan fingerprint density at radius 1 is 0.444 bits per heavy atom. The lowest BCUT2D eigenvalue weighted by Crippen LogP contribution is -3.00. The first-order chi connectivity index (χ1) is 51.7. The molecule has 0 aliphatic carbocycles. The number of anilines is 4. The van der Waals surface area contributed by atoms with Gasteiger partial charge in [0.05, 0.1) is 73.5 Å². The molecule has 6 heterocycles. The molecule has 0 fully saturated rings. The predicted octanol–water partition coefficient (Wildman–Crippen LogP) is 14.8. The average Bonchev–Trinajstić information content (AvgIpc) is 1.67. The van der Waals surface area contributed by atoms with Crippen LogP contribution in [0.1, 0.15) is 51.8 Å². The van der Waals surface area contributed by atoms with Crippen LogP contribution in [-0.4, -0.2) is 83.9 Å². The fraction of sp³-hybridized carbons (Fsp3) is 0.0130. The number of alkyl halides is 1. The van der Waals surface area contributed by atoms with Crippen molar-refractivity contribution in [3.8, 4) is 45.0 Å². The van der Waals surface area contributed by atoms with E-state index >= 15 is 0 Å². The van der Waals surface area contributed by atoms with Gasteiger partial charge in [0.2, 0.25) is 23.8 Å². The smallest absolute Gasteiger partial charge is 0.401 e. The number of nitrogens with zero attached hydrogens (tertiary/aromatic N) is 11. The summed E-state index contributed by atoms with van der Waals surface area (Å²) in [6.07, 6.45) is 13.7. The predicted molar refractivity (Wildman–Crippen MR) is 419 cm³/mol. The lowest BCUT2D eigenvalue weighted by molar-refractivity contribution is -0.512. The highest BCUT2D eigenvalue weighted by Crippen LogP contribution is 2.27. The van der Waals surface area contributed by atoms with Gasteiger partial charge in [0.25, 0.3) is 17.1 Å². The van der Waals surface area contributed by atoms with E-state index in [9.17, 15) is 24.0 Å². The third kappa shape index (κ3) is 25.4. The Bertz CT molecular complexity index is 5600. The molecule has 14 rings (SSSR count). The summed E-state index contributed by atoms with van der Waals surface area (Å²) >= 11 is 25.6. The van der Waals surface area contributed by atoms with Crippen molar-refractivity contribution < 1.29 is 45.4 Å². The molecule has 0 unspecified atom stereocenters. The van der Waals surface area contributed by atoms with Crippen LogP contribution in [-0.2, 0) is 0 Å². The molecule has 0 radical (unpaired) electrons. The zero-order valence-electron chi connectivity index (χ0n) is 55.9. The first-order valence-electron chi connectivity index (χ1n) is 31.0. The molecule has 14 aromatic rings. The summed E-state index contributed by atoms with van der Waals surface area (Å²) in [4.78, 5) is 106. The number of nitrogen functional groups attached to an aromatic ring is 2. The molecule has 8 aromatic carbocycles. The van der Waals surface area contributed by atoms with E-state index in [1.807, 2.05) is 65.3 Å². The number of imidazole rings is 4. The van der Waals surface area contributed by atoms with Crippen molar-refractivity contribution in [2.24, 2.45) is 5.73 Å². The number of aromatic amines is 4. The molecule has 108 heavy (non-hydrogen) atoms. The van der Waals surface area contributed by atoms with Gasteiger partial charge in [-0.1, -0.05) is 159 Å². The highest BCUT2D eigenvalue weighted by molar-refractivity contribution is 9.09. The second kappa shape index (κ2) is 41.7. The van der Waals surface area contributed by atoms with E-state index in [2.05, 4.69) is 95.8 Å². The van der Waals surface area contributed by atoms with Gasteiger partial charge < -0.3 is 49.1 Å². The molecule has 12 N–H and O–H groups in total. The van der Waals surface area contributed by atoms with E-state index in [4.69, 9.17) is 89.9 Å². The van der Waals surface area contributed by atoms with Crippen molar-refractivity contribution in [2.75, 3.05) is 27.4 Å². The van der Waals surface area contributed by atoms with E-state index in [0.717, 1.165) is 45.1 Å². The van der Waals surface area contributed by atoms with Crippen LogP contribution in [0, 0.1) is 26.3 Å². The number of halogens is 6. The molecule has 3 amide bonds. The molecule has 536 valence electrons. The highest BCUT2D eigenvalue weighted by Gasteiger charge is 2.15. The van der Waals surface area contributed by atoms with Gasteiger partial charge >= 0.3 is 5.78 Å². The SMILES string of the molecule is NC(=O)c1cccc(-c2cnc(NC(=O)c3cccc(Cl)c3)[nH]2)c1.Nc1ncccn1.O=C(Cl)c1cccc(Cl)c1.[Br-].[C-]#[N+]c1cccc(-c2c[n+]3cccnc3[nH]2)c1.[C-]#[N+]c1cccc(-c2cnc(N)[nH]2)c1.[C-]#[N+]c1cccc(-c2cnc(NC(=O)c3cccc(Cl)c3)[nH]2)c1.[C-]#[N+]c1cccc(C(=O)CBr)c1. The third-order valence-electron chi connectivity index (χ3n) is 14.0. The van der Waals surface area contributed by atoms with Gasteiger partial charge in [-0.3, -0.25) is 34.6 Å². The maximum absolute atomic E-state index is 12.2. The van der Waals surface area contributed by atoms with Crippen molar-refractivity contribution >= 4 is 143 Å². The summed E-state index contributed by atoms with van der Waals surface area (Å²) < 4.78 is 1.92.